The van der Waals surface area contributed by atoms with Gasteiger partial charge in [0.05, 0.1) is 0 Å². The van der Waals surface area contributed by atoms with E-state index in [-0.39, 0.29) is 11.8 Å². The van der Waals surface area contributed by atoms with Crippen molar-refractivity contribution in [1.82, 2.24) is 0 Å². The van der Waals surface area contributed by atoms with Gasteiger partial charge in [-0.2, -0.15) is 0 Å². The SMILES string of the molecule is CCN(C(=O)C1(C(=O)Nc2cccc(C)c2C)CC1)c1ccccc1. The fourth-order valence-electron chi connectivity index (χ4n) is 3.10. The molecule has 1 saturated carbocycles. The van der Waals surface area contributed by atoms with Gasteiger partial charge in [-0.25, -0.2) is 0 Å². The number of benzene rings is 2. The number of anilines is 2. The Labute approximate surface area is 148 Å². The van der Waals surface area contributed by atoms with E-state index in [4.69, 9.17) is 0 Å². The number of nitrogens with one attached hydrogen (secondary N) is 1. The van der Waals surface area contributed by atoms with Crippen molar-refractivity contribution in [3.63, 3.8) is 0 Å². The van der Waals surface area contributed by atoms with E-state index in [2.05, 4.69) is 5.32 Å². The van der Waals surface area contributed by atoms with Crippen molar-refractivity contribution in [3.05, 3.63) is 59.7 Å². The first kappa shape index (κ1) is 17.2. The third-order valence-corrected chi connectivity index (χ3v) is 5.08. The van der Waals surface area contributed by atoms with Crippen LogP contribution in [0.4, 0.5) is 11.4 Å². The number of carbonyl (C=O) groups excluding carboxylic acids is 2. The second-order valence-corrected chi connectivity index (χ2v) is 6.67. The van der Waals surface area contributed by atoms with Gasteiger partial charge in [0.2, 0.25) is 11.8 Å². The summed E-state index contributed by atoms with van der Waals surface area (Å²) in [7, 11) is 0. The molecule has 130 valence electrons. The molecule has 0 aromatic heterocycles. The normalized spacial score (nSPS) is 14.7. The van der Waals surface area contributed by atoms with E-state index < -0.39 is 5.41 Å². The van der Waals surface area contributed by atoms with E-state index in [1.54, 1.807) is 4.90 Å². The minimum absolute atomic E-state index is 0.107. The Bertz CT molecular complexity index is 795. The van der Waals surface area contributed by atoms with Crippen molar-refractivity contribution < 1.29 is 9.59 Å². The quantitative estimate of drug-likeness (QED) is 0.837. The molecule has 4 nitrogen and oxygen atoms in total. The summed E-state index contributed by atoms with van der Waals surface area (Å²) in [5.41, 5.74) is 2.85. The van der Waals surface area contributed by atoms with Crippen molar-refractivity contribution >= 4 is 23.2 Å². The van der Waals surface area contributed by atoms with Crippen molar-refractivity contribution in [2.24, 2.45) is 5.41 Å². The lowest BCUT2D eigenvalue weighted by Gasteiger charge is -2.26. The smallest absolute Gasteiger partial charge is 0.242 e. The average molecular weight is 336 g/mol. The second kappa shape index (κ2) is 6.71. The first-order valence-corrected chi connectivity index (χ1v) is 8.74. The summed E-state index contributed by atoms with van der Waals surface area (Å²) in [6.45, 7) is 6.47. The van der Waals surface area contributed by atoms with Gasteiger partial charge in [-0.05, 0) is 62.9 Å². The highest BCUT2D eigenvalue weighted by Gasteiger charge is 2.58. The van der Waals surface area contributed by atoms with Gasteiger partial charge in [-0.1, -0.05) is 30.3 Å². The molecule has 0 atom stereocenters. The number of carbonyl (C=O) groups is 2. The highest BCUT2D eigenvalue weighted by molar-refractivity contribution is 6.17. The third-order valence-electron chi connectivity index (χ3n) is 5.08. The Morgan fingerprint density at radius 2 is 1.72 bits per heavy atom. The van der Waals surface area contributed by atoms with E-state index in [9.17, 15) is 9.59 Å². The van der Waals surface area contributed by atoms with Gasteiger partial charge in [0.25, 0.3) is 0 Å². The molecule has 2 aromatic carbocycles. The molecule has 0 heterocycles. The molecule has 0 spiro atoms. The molecular weight excluding hydrogens is 312 g/mol. The molecule has 2 aromatic rings. The van der Waals surface area contributed by atoms with Crippen molar-refractivity contribution in [1.29, 1.82) is 0 Å². The van der Waals surface area contributed by atoms with Crippen LogP contribution in [-0.2, 0) is 9.59 Å². The van der Waals surface area contributed by atoms with Crippen LogP contribution in [0, 0.1) is 19.3 Å². The Kier molecular flexibility index (Phi) is 4.62. The fraction of sp³-hybridized carbons (Fsp3) is 0.333. The van der Waals surface area contributed by atoms with Crippen LogP contribution in [0.2, 0.25) is 0 Å². The number of hydrogen-bond donors (Lipinski definition) is 1. The summed E-state index contributed by atoms with van der Waals surface area (Å²) in [5, 5.41) is 2.98. The van der Waals surface area contributed by atoms with Crippen molar-refractivity contribution in [2.75, 3.05) is 16.8 Å². The van der Waals surface area contributed by atoms with Gasteiger partial charge in [-0.15, -0.1) is 0 Å². The predicted molar refractivity (Wildman–Crippen MR) is 101 cm³/mol. The zero-order chi connectivity index (χ0) is 18.0. The van der Waals surface area contributed by atoms with E-state index >= 15 is 0 Å². The van der Waals surface area contributed by atoms with Crippen LogP contribution < -0.4 is 10.2 Å². The Balaban J connectivity index is 1.82. The van der Waals surface area contributed by atoms with Crippen LogP contribution in [0.25, 0.3) is 0 Å². The van der Waals surface area contributed by atoms with E-state index in [1.165, 1.54) is 0 Å². The summed E-state index contributed by atoms with van der Waals surface area (Å²) in [4.78, 5) is 27.7. The second-order valence-electron chi connectivity index (χ2n) is 6.67. The molecule has 0 radical (unpaired) electrons. The fourth-order valence-corrected chi connectivity index (χ4v) is 3.10. The number of hydrogen-bond acceptors (Lipinski definition) is 2. The minimum atomic E-state index is -0.929. The topological polar surface area (TPSA) is 49.4 Å². The number of rotatable bonds is 5. The molecule has 4 heteroatoms. The Morgan fingerprint density at radius 3 is 2.32 bits per heavy atom. The summed E-state index contributed by atoms with van der Waals surface area (Å²) < 4.78 is 0. The molecule has 1 aliphatic carbocycles. The predicted octanol–water partition coefficient (Wildman–Crippen LogP) is 4.08. The minimum Gasteiger partial charge on any atom is -0.325 e. The number of aryl methyl sites for hydroxylation is 1. The number of amides is 2. The lowest BCUT2D eigenvalue weighted by atomic mass is 10.0. The Morgan fingerprint density at radius 1 is 1.04 bits per heavy atom. The molecule has 0 saturated heterocycles. The molecular formula is C21H24N2O2. The molecule has 2 amide bonds. The Hall–Kier alpha value is -2.62. The molecule has 1 fully saturated rings. The molecule has 3 rings (SSSR count). The number of para-hydroxylation sites is 1. The largest absolute Gasteiger partial charge is 0.325 e. The molecule has 1 N–H and O–H groups in total. The van der Waals surface area contributed by atoms with Gasteiger partial charge in [0.1, 0.15) is 5.41 Å². The van der Waals surface area contributed by atoms with E-state index in [0.717, 1.165) is 22.5 Å². The average Bonchev–Trinajstić information content (AvgIpc) is 3.42. The lowest BCUT2D eigenvalue weighted by molar-refractivity contribution is -0.132. The monoisotopic (exact) mass is 336 g/mol. The first-order chi connectivity index (χ1) is 12.0. The van der Waals surface area contributed by atoms with Crippen LogP contribution >= 0.6 is 0 Å². The van der Waals surface area contributed by atoms with E-state index in [1.807, 2.05) is 69.3 Å². The standard InChI is InChI=1S/C21H24N2O2/c1-4-23(17-10-6-5-7-11-17)20(25)21(13-14-21)19(24)22-18-12-8-9-15(2)16(18)3/h5-12H,4,13-14H2,1-3H3,(H,22,24). The highest BCUT2D eigenvalue weighted by atomic mass is 16.2. The molecule has 0 aliphatic heterocycles. The van der Waals surface area contributed by atoms with Crippen molar-refractivity contribution in [2.45, 2.75) is 33.6 Å². The van der Waals surface area contributed by atoms with Crippen LogP contribution in [0.5, 0.6) is 0 Å². The summed E-state index contributed by atoms with van der Waals surface area (Å²) in [5.74, 6) is -0.301. The number of nitrogens with zero attached hydrogens (tertiary/aromatic N) is 1. The van der Waals surface area contributed by atoms with Gasteiger partial charge < -0.3 is 10.2 Å². The third kappa shape index (κ3) is 3.16. The molecule has 0 bridgehead atoms. The van der Waals surface area contributed by atoms with Gasteiger partial charge in [-0.3, -0.25) is 9.59 Å². The maximum Gasteiger partial charge on any atom is 0.242 e. The zero-order valence-corrected chi connectivity index (χ0v) is 15.0. The lowest BCUT2D eigenvalue weighted by Crippen LogP contribution is -2.43. The van der Waals surface area contributed by atoms with Crippen LogP contribution in [0.3, 0.4) is 0 Å². The zero-order valence-electron chi connectivity index (χ0n) is 15.0. The van der Waals surface area contributed by atoms with Gasteiger partial charge in [0, 0.05) is 17.9 Å². The van der Waals surface area contributed by atoms with Crippen molar-refractivity contribution in [3.8, 4) is 0 Å². The summed E-state index contributed by atoms with van der Waals surface area (Å²) >= 11 is 0. The van der Waals surface area contributed by atoms with Gasteiger partial charge in [0.15, 0.2) is 0 Å². The van der Waals surface area contributed by atoms with Crippen LogP contribution in [0.15, 0.2) is 48.5 Å². The molecule has 0 unspecified atom stereocenters. The van der Waals surface area contributed by atoms with Crippen LogP contribution in [-0.4, -0.2) is 18.4 Å². The molecule has 1 aliphatic rings. The maximum absolute atomic E-state index is 13.1. The summed E-state index contributed by atoms with van der Waals surface area (Å²) in [6.07, 6.45) is 1.21. The van der Waals surface area contributed by atoms with Crippen LogP contribution in [0.1, 0.15) is 30.9 Å². The highest BCUT2D eigenvalue weighted by Crippen LogP contribution is 2.49. The van der Waals surface area contributed by atoms with E-state index in [0.29, 0.717) is 19.4 Å². The maximum atomic E-state index is 13.1. The van der Waals surface area contributed by atoms with Gasteiger partial charge >= 0.3 is 0 Å². The summed E-state index contributed by atoms with van der Waals surface area (Å²) in [6, 6.07) is 15.3. The molecule has 25 heavy (non-hydrogen) atoms. The first-order valence-electron chi connectivity index (χ1n) is 8.74.